The first-order chi connectivity index (χ1) is 9.49. The summed E-state index contributed by atoms with van der Waals surface area (Å²) in [6.45, 7) is 6.51. The molecule has 0 radical (unpaired) electrons. The van der Waals surface area contributed by atoms with Gasteiger partial charge in [0, 0.05) is 17.9 Å². The number of carbonyl (C=O) groups is 1. The van der Waals surface area contributed by atoms with E-state index in [9.17, 15) is 4.79 Å². The average Bonchev–Trinajstić information content (AvgIpc) is 2.45. The van der Waals surface area contributed by atoms with Gasteiger partial charge in [0.2, 0.25) is 0 Å². The third-order valence-electron chi connectivity index (χ3n) is 4.75. The van der Waals surface area contributed by atoms with E-state index in [1.165, 1.54) is 6.42 Å². The molecule has 2 nitrogen and oxygen atoms in total. The van der Waals surface area contributed by atoms with Crippen LogP contribution in [0, 0.1) is 23.7 Å². The molecule has 0 heterocycles. The maximum absolute atomic E-state index is 12.7. The molecular formula is C18H27NO. The normalized spacial score (nSPS) is 29.7. The van der Waals surface area contributed by atoms with Crippen LogP contribution in [0.1, 0.15) is 51.6 Å². The van der Waals surface area contributed by atoms with E-state index >= 15 is 0 Å². The first-order valence-electron chi connectivity index (χ1n) is 7.83. The van der Waals surface area contributed by atoms with Gasteiger partial charge in [0.05, 0.1) is 0 Å². The number of carbonyl (C=O) groups excluding carboxylic acids is 1. The number of Topliss-reactive ketones (excluding diaryl/α,β-unsaturated/α-hetero) is 1. The molecule has 4 unspecified atom stereocenters. The Morgan fingerprint density at radius 1 is 1.10 bits per heavy atom. The minimum absolute atomic E-state index is 0.0973. The molecule has 0 bridgehead atoms. The van der Waals surface area contributed by atoms with Crippen LogP contribution in [0.5, 0.6) is 0 Å². The smallest absolute Gasteiger partial charge is 0.140 e. The van der Waals surface area contributed by atoms with Crippen molar-refractivity contribution in [2.24, 2.45) is 29.4 Å². The topological polar surface area (TPSA) is 43.1 Å². The minimum atomic E-state index is -0.184. The van der Waals surface area contributed by atoms with Crippen molar-refractivity contribution in [3.05, 3.63) is 35.9 Å². The van der Waals surface area contributed by atoms with Gasteiger partial charge in [-0.25, -0.2) is 0 Å². The number of hydrogen-bond donors (Lipinski definition) is 1. The van der Waals surface area contributed by atoms with Crippen LogP contribution in [-0.2, 0) is 4.79 Å². The number of ketones is 1. The summed E-state index contributed by atoms with van der Waals surface area (Å²) in [7, 11) is 0. The highest BCUT2D eigenvalue weighted by Crippen LogP contribution is 2.36. The molecule has 1 aromatic rings. The highest BCUT2D eigenvalue weighted by molar-refractivity contribution is 5.84. The molecule has 2 N–H and O–H groups in total. The Labute approximate surface area is 122 Å². The van der Waals surface area contributed by atoms with Crippen LogP contribution < -0.4 is 5.73 Å². The zero-order chi connectivity index (χ0) is 14.7. The summed E-state index contributed by atoms with van der Waals surface area (Å²) in [5, 5.41) is 0. The molecule has 0 aliphatic heterocycles. The van der Waals surface area contributed by atoms with E-state index in [0.29, 0.717) is 17.6 Å². The third kappa shape index (κ3) is 3.49. The van der Waals surface area contributed by atoms with Gasteiger partial charge in [-0.1, -0.05) is 51.1 Å². The van der Waals surface area contributed by atoms with Crippen molar-refractivity contribution >= 4 is 5.78 Å². The second-order valence-corrected chi connectivity index (χ2v) is 6.74. The lowest BCUT2D eigenvalue weighted by molar-refractivity contribution is -0.129. The van der Waals surface area contributed by atoms with E-state index in [1.807, 2.05) is 37.3 Å². The van der Waals surface area contributed by atoms with Crippen LogP contribution in [0.4, 0.5) is 0 Å². The molecule has 0 spiro atoms. The fourth-order valence-corrected chi connectivity index (χ4v) is 3.69. The molecule has 1 fully saturated rings. The predicted octanol–water partition coefficient (Wildman–Crippen LogP) is 3.96. The Balaban J connectivity index is 2.04. The molecule has 1 aliphatic rings. The van der Waals surface area contributed by atoms with Gasteiger partial charge < -0.3 is 5.73 Å². The molecule has 2 rings (SSSR count). The van der Waals surface area contributed by atoms with Crippen molar-refractivity contribution in [2.75, 3.05) is 0 Å². The van der Waals surface area contributed by atoms with Crippen molar-refractivity contribution in [3.8, 4) is 0 Å². The lowest BCUT2D eigenvalue weighted by atomic mass is 9.72. The van der Waals surface area contributed by atoms with Gasteiger partial charge in [-0.3, -0.25) is 4.79 Å². The molecule has 1 aliphatic carbocycles. The summed E-state index contributed by atoms with van der Waals surface area (Å²) in [6, 6.07) is 9.79. The lowest BCUT2D eigenvalue weighted by Gasteiger charge is -2.33. The highest BCUT2D eigenvalue weighted by Gasteiger charge is 2.33. The summed E-state index contributed by atoms with van der Waals surface area (Å²) >= 11 is 0. The average molecular weight is 273 g/mol. The molecule has 4 atom stereocenters. The van der Waals surface area contributed by atoms with Crippen molar-refractivity contribution in [1.29, 1.82) is 0 Å². The molecule has 0 saturated heterocycles. The first kappa shape index (κ1) is 15.2. The Morgan fingerprint density at radius 3 is 2.20 bits per heavy atom. The molecule has 20 heavy (non-hydrogen) atoms. The standard InChI is InChI=1S/C18H27NO/c1-12-9-13(2)11-16(10-12)18(20)14(3)17(19)15-7-5-4-6-8-15/h4-8,12-14,16-17H,9-11,19H2,1-3H3. The van der Waals surface area contributed by atoms with E-state index < -0.39 is 0 Å². The van der Waals surface area contributed by atoms with Crippen molar-refractivity contribution in [3.63, 3.8) is 0 Å². The maximum Gasteiger partial charge on any atom is 0.140 e. The molecule has 1 saturated carbocycles. The Hall–Kier alpha value is -1.15. The summed E-state index contributed by atoms with van der Waals surface area (Å²) in [5.74, 6) is 1.79. The summed E-state index contributed by atoms with van der Waals surface area (Å²) in [5.41, 5.74) is 7.35. The molecule has 0 amide bonds. The Kier molecular flexibility index (Phi) is 4.98. The fourth-order valence-electron chi connectivity index (χ4n) is 3.69. The molecule has 1 aromatic carbocycles. The van der Waals surface area contributed by atoms with Gasteiger partial charge in [-0.05, 0) is 36.7 Å². The number of rotatable bonds is 4. The van der Waals surface area contributed by atoms with Crippen molar-refractivity contribution < 1.29 is 4.79 Å². The van der Waals surface area contributed by atoms with E-state index in [4.69, 9.17) is 5.73 Å². The number of nitrogens with two attached hydrogens (primary N) is 1. The second-order valence-electron chi connectivity index (χ2n) is 6.74. The molecular weight excluding hydrogens is 246 g/mol. The van der Waals surface area contributed by atoms with Gasteiger partial charge in [0.1, 0.15) is 5.78 Å². The van der Waals surface area contributed by atoms with E-state index in [-0.39, 0.29) is 17.9 Å². The van der Waals surface area contributed by atoms with Crippen molar-refractivity contribution in [1.82, 2.24) is 0 Å². The SMILES string of the molecule is CC1CC(C)CC(C(=O)C(C)C(N)c2ccccc2)C1. The summed E-state index contributed by atoms with van der Waals surface area (Å²) < 4.78 is 0. The van der Waals surface area contributed by atoms with Gasteiger partial charge in [0.25, 0.3) is 0 Å². The molecule has 110 valence electrons. The summed E-state index contributed by atoms with van der Waals surface area (Å²) in [6.07, 6.45) is 3.33. The van der Waals surface area contributed by atoms with E-state index in [0.717, 1.165) is 18.4 Å². The maximum atomic E-state index is 12.7. The summed E-state index contributed by atoms with van der Waals surface area (Å²) in [4.78, 5) is 12.7. The van der Waals surface area contributed by atoms with Crippen LogP contribution >= 0.6 is 0 Å². The van der Waals surface area contributed by atoms with Crippen LogP contribution in [-0.4, -0.2) is 5.78 Å². The van der Waals surface area contributed by atoms with Crippen LogP contribution in [0.15, 0.2) is 30.3 Å². The fraction of sp³-hybridized carbons (Fsp3) is 0.611. The van der Waals surface area contributed by atoms with Gasteiger partial charge in [-0.2, -0.15) is 0 Å². The first-order valence-corrected chi connectivity index (χ1v) is 7.83. The number of benzene rings is 1. The van der Waals surface area contributed by atoms with Gasteiger partial charge in [-0.15, -0.1) is 0 Å². The molecule has 2 heteroatoms. The van der Waals surface area contributed by atoms with Gasteiger partial charge in [0.15, 0.2) is 0 Å². The minimum Gasteiger partial charge on any atom is -0.323 e. The number of hydrogen-bond acceptors (Lipinski definition) is 2. The van der Waals surface area contributed by atoms with Gasteiger partial charge >= 0.3 is 0 Å². The van der Waals surface area contributed by atoms with Crippen molar-refractivity contribution in [2.45, 2.75) is 46.1 Å². The quantitative estimate of drug-likeness (QED) is 0.902. The third-order valence-corrected chi connectivity index (χ3v) is 4.75. The van der Waals surface area contributed by atoms with Crippen LogP contribution in [0.25, 0.3) is 0 Å². The largest absolute Gasteiger partial charge is 0.323 e. The van der Waals surface area contributed by atoms with E-state index in [2.05, 4.69) is 13.8 Å². The Bertz CT molecular complexity index is 432. The predicted molar refractivity (Wildman–Crippen MR) is 83.2 cm³/mol. The highest BCUT2D eigenvalue weighted by atomic mass is 16.1. The molecule has 0 aromatic heterocycles. The lowest BCUT2D eigenvalue weighted by Crippen LogP contribution is -2.34. The van der Waals surface area contributed by atoms with Crippen LogP contribution in [0.3, 0.4) is 0 Å². The second kappa shape index (κ2) is 6.53. The Morgan fingerprint density at radius 2 is 1.65 bits per heavy atom. The zero-order valence-electron chi connectivity index (χ0n) is 12.9. The van der Waals surface area contributed by atoms with E-state index in [1.54, 1.807) is 0 Å². The zero-order valence-corrected chi connectivity index (χ0v) is 12.9. The van der Waals surface area contributed by atoms with Crippen LogP contribution in [0.2, 0.25) is 0 Å². The monoisotopic (exact) mass is 273 g/mol.